The standard InChI is InChI=1S/C24H28ClN3O/c1-3-24(29)27-12-10-19(11-13-27)16-28-22-9-4-17(2)14-21(22)26-23(28)15-18-5-7-20(25)8-6-18/h4-9,14,19H,3,10-13,15-16H2,1-2H3. The maximum atomic E-state index is 12.0. The lowest BCUT2D eigenvalue weighted by Gasteiger charge is -2.32. The first-order valence-electron chi connectivity index (χ1n) is 10.5. The van der Waals surface area contributed by atoms with Crippen LogP contribution in [0.5, 0.6) is 0 Å². The summed E-state index contributed by atoms with van der Waals surface area (Å²) in [6, 6.07) is 14.6. The highest BCUT2D eigenvalue weighted by Gasteiger charge is 2.23. The summed E-state index contributed by atoms with van der Waals surface area (Å²) in [7, 11) is 0. The number of fused-ring (bicyclic) bond motifs is 1. The van der Waals surface area contributed by atoms with Crippen LogP contribution in [-0.4, -0.2) is 33.4 Å². The summed E-state index contributed by atoms with van der Waals surface area (Å²) in [6.07, 6.45) is 3.49. The van der Waals surface area contributed by atoms with Crippen molar-refractivity contribution in [3.05, 3.63) is 64.4 Å². The summed E-state index contributed by atoms with van der Waals surface area (Å²) in [4.78, 5) is 19.0. The van der Waals surface area contributed by atoms with Crippen LogP contribution in [0.2, 0.25) is 5.02 Å². The Hall–Kier alpha value is -2.33. The number of aryl methyl sites for hydroxylation is 1. The molecule has 5 heteroatoms. The number of nitrogens with zero attached hydrogens (tertiary/aromatic N) is 3. The molecule has 1 aromatic heterocycles. The third kappa shape index (κ3) is 4.48. The van der Waals surface area contributed by atoms with Gasteiger partial charge in [0, 0.05) is 37.5 Å². The predicted molar refractivity (Wildman–Crippen MR) is 118 cm³/mol. The number of imidazole rings is 1. The minimum absolute atomic E-state index is 0.274. The number of carbonyl (C=O) groups is 1. The zero-order chi connectivity index (χ0) is 20.4. The molecular formula is C24H28ClN3O. The van der Waals surface area contributed by atoms with E-state index in [2.05, 4.69) is 41.8 Å². The number of piperidine rings is 1. The fourth-order valence-electron chi connectivity index (χ4n) is 4.26. The van der Waals surface area contributed by atoms with Gasteiger partial charge in [-0.05, 0) is 61.1 Å². The normalized spacial score (nSPS) is 15.2. The second-order valence-corrected chi connectivity index (χ2v) is 8.55. The molecule has 0 bridgehead atoms. The molecule has 1 aliphatic rings. The van der Waals surface area contributed by atoms with Gasteiger partial charge in [-0.3, -0.25) is 4.79 Å². The number of aromatic nitrogens is 2. The van der Waals surface area contributed by atoms with Crippen LogP contribution in [0.25, 0.3) is 11.0 Å². The number of carbonyl (C=O) groups excluding carboxylic acids is 1. The van der Waals surface area contributed by atoms with Gasteiger partial charge in [0.2, 0.25) is 5.91 Å². The highest BCUT2D eigenvalue weighted by atomic mass is 35.5. The molecule has 2 heterocycles. The average molecular weight is 410 g/mol. The summed E-state index contributed by atoms with van der Waals surface area (Å²) in [5, 5.41) is 0.756. The number of halogens is 1. The van der Waals surface area contributed by atoms with Crippen molar-refractivity contribution in [1.82, 2.24) is 14.5 Å². The minimum Gasteiger partial charge on any atom is -0.343 e. The molecule has 4 nitrogen and oxygen atoms in total. The molecule has 3 aromatic rings. The molecule has 0 N–H and O–H groups in total. The number of amides is 1. The molecule has 0 atom stereocenters. The maximum Gasteiger partial charge on any atom is 0.222 e. The van der Waals surface area contributed by atoms with Crippen molar-refractivity contribution in [2.75, 3.05) is 13.1 Å². The number of benzene rings is 2. The number of hydrogen-bond acceptors (Lipinski definition) is 2. The first kappa shape index (κ1) is 20.0. The Morgan fingerprint density at radius 2 is 1.86 bits per heavy atom. The van der Waals surface area contributed by atoms with Gasteiger partial charge in [-0.15, -0.1) is 0 Å². The number of rotatable bonds is 5. The highest BCUT2D eigenvalue weighted by Crippen LogP contribution is 2.26. The molecule has 29 heavy (non-hydrogen) atoms. The summed E-state index contributed by atoms with van der Waals surface area (Å²) >= 11 is 6.05. The number of hydrogen-bond donors (Lipinski definition) is 0. The van der Waals surface area contributed by atoms with Gasteiger partial charge in [0.25, 0.3) is 0 Å². The van der Waals surface area contributed by atoms with E-state index in [1.807, 2.05) is 24.0 Å². The van der Waals surface area contributed by atoms with E-state index in [-0.39, 0.29) is 5.91 Å². The van der Waals surface area contributed by atoms with E-state index in [0.717, 1.165) is 55.3 Å². The molecule has 0 spiro atoms. The Balaban J connectivity index is 1.58. The quantitative estimate of drug-likeness (QED) is 0.578. The van der Waals surface area contributed by atoms with Gasteiger partial charge in [0.05, 0.1) is 11.0 Å². The van der Waals surface area contributed by atoms with E-state index in [1.54, 1.807) is 0 Å². The van der Waals surface area contributed by atoms with Crippen molar-refractivity contribution < 1.29 is 4.79 Å². The molecule has 0 radical (unpaired) electrons. The largest absolute Gasteiger partial charge is 0.343 e. The molecule has 1 fully saturated rings. The van der Waals surface area contributed by atoms with Gasteiger partial charge in [-0.2, -0.15) is 0 Å². The van der Waals surface area contributed by atoms with Gasteiger partial charge in [0.15, 0.2) is 0 Å². The van der Waals surface area contributed by atoms with Crippen LogP contribution >= 0.6 is 11.6 Å². The SMILES string of the molecule is CCC(=O)N1CCC(Cn2c(Cc3ccc(Cl)cc3)nc3cc(C)ccc32)CC1. The van der Waals surface area contributed by atoms with E-state index < -0.39 is 0 Å². The monoisotopic (exact) mass is 409 g/mol. The zero-order valence-corrected chi connectivity index (χ0v) is 18.0. The van der Waals surface area contributed by atoms with Crippen LogP contribution in [0, 0.1) is 12.8 Å². The lowest BCUT2D eigenvalue weighted by Crippen LogP contribution is -2.39. The van der Waals surface area contributed by atoms with Crippen molar-refractivity contribution in [1.29, 1.82) is 0 Å². The molecule has 0 unspecified atom stereocenters. The minimum atomic E-state index is 0.274. The molecular weight excluding hydrogens is 382 g/mol. The lowest BCUT2D eigenvalue weighted by atomic mass is 9.96. The van der Waals surface area contributed by atoms with Crippen molar-refractivity contribution >= 4 is 28.5 Å². The van der Waals surface area contributed by atoms with Crippen LogP contribution in [0.1, 0.15) is 43.1 Å². The third-order valence-corrected chi connectivity index (χ3v) is 6.22. The third-order valence-electron chi connectivity index (χ3n) is 5.97. The first-order chi connectivity index (χ1) is 14.0. The average Bonchev–Trinajstić information content (AvgIpc) is 3.05. The lowest BCUT2D eigenvalue weighted by molar-refractivity contribution is -0.132. The highest BCUT2D eigenvalue weighted by molar-refractivity contribution is 6.30. The summed E-state index contributed by atoms with van der Waals surface area (Å²) in [5.41, 5.74) is 4.71. The van der Waals surface area contributed by atoms with Crippen LogP contribution in [-0.2, 0) is 17.8 Å². The van der Waals surface area contributed by atoms with Crippen LogP contribution in [0.3, 0.4) is 0 Å². The molecule has 4 rings (SSSR count). The van der Waals surface area contributed by atoms with Crippen molar-refractivity contribution in [3.8, 4) is 0 Å². The predicted octanol–water partition coefficient (Wildman–Crippen LogP) is 5.24. The Bertz CT molecular complexity index is 1000. The molecule has 152 valence electrons. The van der Waals surface area contributed by atoms with E-state index in [0.29, 0.717) is 12.3 Å². The molecule has 1 amide bonds. The fraction of sp³-hybridized carbons (Fsp3) is 0.417. The molecule has 0 saturated carbocycles. The van der Waals surface area contributed by atoms with E-state index in [4.69, 9.17) is 16.6 Å². The summed E-state index contributed by atoms with van der Waals surface area (Å²) in [6.45, 7) is 6.75. The van der Waals surface area contributed by atoms with Gasteiger partial charge >= 0.3 is 0 Å². The van der Waals surface area contributed by atoms with Crippen LogP contribution in [0.15, 0.2) is 42.5 Å². The Labute approximate surface area is 177 Å². The first-order valence-corrected chi connectivity index (χ1v) is 10.9. The van der Waals surface area contributed by atoms with Crippen molar-refractivity contribution in [2.24, 2.45) is 5.92 Å². The maximum absolute atomic E-state index is 12.0. The molecule has 1 saturated heterocycles. The van der Waals surface area contributed by atoms with Gasteiger partial charge in [0.1, 0.15) is 5.82 Å². The number of likely N-dealkylation sites (tertiary alicyclic amines) is 1. The zero-order valence-electron chi connectivity index (χ0n) is 17.2. The molecule has 2 aromatic carbocycles. The Kier molecular flexibility index (Phi) is 5.91. The van der Waals surface area contributed by atoms with Crippen molar-refractivity contribution in [2.45, 2.75) is 46.1 Å². The van der Waals surface area contributed by atoms with Gasteiger partial charge < -0.3 is 9.47 Å². The summed E-state index contributed by atoms with van der Waals surface area (Å²) < 4.78 is 2.39. The van der Waals surface area contributed by atoms with E-state index in [9.17, 15) is 4.79 Å². The molecule has 1 aliphatic heterocycles. The van der Waals surface area contributed by atoms with E-state index >= 15 is 0 Å². The Morgan fingerprint density at radius 3 is 2.55 bits per heavy atom. The smallest absolute Gasteiger partial charge is 0.222 e. The van der Waals surface area contributed by atoms with E-state index in [1.165, 1.54) is 16.6 Å². The van der Waals surface area contributed by atoms with Crippen LogP contribution < -0.4 is 0 Å². The summed E-state index contributed by atoms with van der Waals surface area (Å²) in [5.74, 6) is 1.94. The second kappa shape index (κ2) is 8.58. The van der Waals surface area contributed by atoms with Crippen LogP contribution in [0.4, 0.5) is 0 Å². The van der Waals surface area contributed by atoms with Crippen molar-refractivity contribution in [3.63, 3.8) is 0 Å². The fourth-order valence-corrected chi connectivity index (χ4v) is 4.39. The van der Waals surface area contributed by atoms with Gasteiger partial charge in [-0.25, -0.2) is 4.98 Å². The molecule has 0 aliphatic carbocycles. The second-order valence-electron chi connectivity index (χ2n) is 8.11. The Morgan fingerprint density at radius 1 is 1.14 bits per heavy atom. The van der Waals surface area contributed by atoms with Gasteiger partial charge in [-0.1, -0.05) is 36.7 Å². The topological polar surface area (TPSA) is 38.1 Å².